The Kier molecular flexibility index (Phi) is 7.08. The molecule has 3 aromatic rings. The van der Waals surface area contributed by atoms with Crippen molar-refractivity contribution in [1.29, 1.82) is 5.26 Å². The normalized spacial score (nSPS) is 17.3. The Labute approximate surface area is 199 Å². The molecule has 0 amide bonds. The molecule has 0 N–H and O–H groups in total. The summed E-state index contributed by atoms with van der Waals surface area (Å²) in [5.41, 5.74) is 5.34. The molecule has 0 bridgehead atoms. The van der Waals surface area contributed by atoms with Gasteiger partial charge in [-0.3, -0.25) is 4.98 Å². The number of hydrogen-bond acceptors (Lipinski definition) is 7. The van der Waals surface area contributed by atoms with E-state index in [4.69, 9.17) is 14.2 Å². The molecule has 7 nitrogen and oxygen atoms in total. The molecule has 0 saturated carbocycles. The van der Waals surface area contributed by atoms with E-state index in [0.29, 0.717) is 36.9 Å². The highest BCUT2D eigenvalue weighted by atomic mass is 16.5. The van der Waals surface area contributed by atoms with E-state index in [2.05, 4.69) is 27.3 Å². The van der Waals surface area contributed by atoms with Crippen LogP contribution in [0.1, 0.15) is 54.2 Å². The lowest BCUT2D eigenvalue weighted by Crippen LogP contribution is -2.26. The number of pyridine rings is 1. The third-order valence-electron chi connectivity index (χ3n) is 6.45. The van der Waals surface area contributed by atoms with Gasteiger partial charge in [-0.2, -0.15) is 15.5 Å². The van der Waals surface area contributed by atoms with Crippen LogP contribution in [0.15, 0.2) is 48.7 Å². The average molecular weight is 457 g/mol. The number of nitrogens with zero attached hydrogens (tertiary/aromatic N) is 4. The number of ether oxygens (including phenoxy) is 3. The Morgan fingerprint density at radius 3 is 2.35 bits per heavy atom. The fraction of sp³-hybridized carbons (Fsp3) is 0.407. The van der Waals surface area contributed by atoms with E-state index in [0.717, 1.165) is 67.1 Å². The van der Waals surface area contributed by atoms with Gasteiger partial charge in [-0.15, -0.1) is 0 Å². The molecule has 0 aliphatic carbocycles. The second-order valence-corrected chi connectivity index (χ2v) is 8.80. The summed E-state index contributed by atoms with van der Waals surface area (Å²) in [7, 11) is 0. The SMILES string of the molecule is N#Cc1cc(-c2ccnc(Cc3ccc(C4CCOCC4)nn3)c2)ccc1OC1CCOCC1. The first-order chi connectivity index (χ1) is 16.8. The molecule has 0 spiro atoms. The van der Waals surface area contributed by atoms with Crippen LogP contribution >= 0.6 is 0 Å². The van der Waals surface area contributed by atoms with Gasteiger partial charge in [0.15, 0.2) is 0 Å². The summed E-state index contributed by atoms with van der Waals surface area (Å²) in [6.07, 6.45) is 6.19. The molecule has 1 aromatic carbocycles. The third kappa shape index (κ3) is 5.41. The summed E-state index contributed by atoms with van der Waals surface area (Å²) in [4.78, 5) is 4.52. The fourth-order valence-electron chi connectivity index (χ4n) is 4.49. The number of hydrogen-bond donors (Lipinski definition) is 0. The van der Waals surface area contributed by atoms with Gasteiger partial charge in [0, 0.05) is 50.3 Å². The lowest BCUT2D eigenvalue weighted by Gasteiger charge is -2.23. The lowest BCUT2D eigenvalue weighted by atomic mass is 9.96. The Hall–Kier alpha value is -3.34. The van der Waals surface area contributed by atoms with Crippen LogP contribution in [0.2, 0.25) is 0 Å². The van der Waals surface area contributed by atoms with Gasteiger partial charge in [-0.25, -0.2) is 0 Å². The minimum absolute atomic E-state index is 0.0955. The smallest absolute Gasteiger partial charge is 0.137 e. The molecular formula is C27H28N4O3. The minimum Gasteiger partial charge on any atom is -0.489 e. The average Bonchev–Trinajstić information content (AvgIpc) is 2.91. The zero-order chi connectivity index (χ0) is 23.2. The second-order valence-electron chi connectivity index (χ2n) is 8.80. The summed E-state index contributed by atoms with van der Waals surface area (Å²) >= 11 is 0. The highest BCUT2D eigenvalue weighted by Crippen LogP contribution is 2.29. The predicted octanol–water partition coefficient (Wildman–Crippen LogP) is 4.45. The van der Waals surface area contributed by atoms with Crippen LogP contribution < -0.4 is 4.74 Å². The quantitative estimate of drug-likeness (QED) is 0.541. The molecule has 5 rings (SSSR count). The van der Waals surface area contributed by atoms with Crippen LogP contribution in [-0.4, -0.2) is 47.7 Å². The largest absolute Gasteiger partial charge is 0.489 e. The zero-order valence-corrected chi connectivity index (χ0v) is 19.2. The number of nitriles is 1. The van der Waals surface area contributed by atoms with Gasteiger partial charge in [0.05, 0.1) is 30.2 Å². The summed E-state index contributed by atoms with van der Waals surface area (Å²) in [5, 5.41) is 18.6. The Balaban J connectivity index is 1.29. The summed E-state index contributed by atoms with van der Waals surface area (Å²) < 4.78 is 16.9. The van der Waals surface area contributed by atoms with Gasteiger partial charge >= 0.3 is 0 Å². The number of aromatic nitrogens is 3. The Bertz CT molecular complexity index is 1150. The molecule has 2 saturated heterocycles. The van der Waals surface area contributed by atoms with E-state index >= 15 is 0 Å². The van der Waals surface area contributed by atoms with Crippen molar-refractivity contribution in [3.05, 3.63) is 71.3 Å². The molecule has 2 aliphatic heterocycles. The highest BCUT2D eigenvalue weighted by Gasteiger charge is 2.19. The first-order valence-electron chi connectivity index (χ1n) is 11.9. The topological polar surface area (TPSA) is 90.2 Å². The van der Waals surface area contributed by atoms with Crippen molar-refractivity contribution in [2.75, 3.05) is 26.4 Å². The zero-order valence-electron chi connectivity index (χ0n) is 19.2. The van der Waals surface area contributed by atoms with E-state index in [9.17, 15) is 5.26 Å². The van der Waals surface area contributed by atoms with E-state index in [-0.39, 0.29) is 6.10 Å². The van der Waals surface area contributed by atoms with Crippen molar-refractivity contribution in [3.63, 3.8) is 0 Å². The standard InChI is InChI=1S/C27H28N4O3/c28-18-22-15-20(1-4-27(22)34-25-8-13-33-14-9-25)21-5-10-29-24(16-21)17-23-2-3-26(31-30-23)19-6-11-32-12-7-19/h1-5,10,15-16,19,25H,6-9,11-14,17H2. The minimum atomic E-state index is 0.0955. The maximum Gasteiger partial charge on any atom is 0.137 e. The molecule has 0 radical (unpaired) electrons. The molecular weight excluding hydrogens is 428 g/mol. The van der Waals surface area contributed by atoms with E-state index in [1.54, 1.807) is 6.20 Å². The second kappa shape index (κ2) is 10.7. The first kappa shape index (κ1) is 22.5. The first-order valence-corrected chi connectivity index (χ1v) is 11.9. The molecule has 34 heavy (non-hydrogen) atoms. The van der Waals surface area contributed by atoms with Crippen molar-refractivity contribution in [3.8, 4) is 22.9 Å². The van der Waals surface area contributed by atoms with Gasteiger partial charge in [-0.1, -0.05) is 6.07 Å². The highest BCUT2D eigenvalue weighted by molar-refractivity contribution is 5.67. The predicted molar refractivity (Wildman–Crippen MR) is 126 cm³/mol. The van der Waals surface area contributed by atoms with Crippen molar-refractivity contribution in [2.24, 2.45) is 0 Å². The maximum atomic E-state index is 9.70. The van der Waals surface area contributed by atoms with Crippen LogP contribution in [0.25, 0.3) is 11.1 Å². The van der Waals surface area contributed by atoms with Crippen molar-refractivity contribution < 1.29 is 14.2 Å². The number of benzene rings is 1. The van der Waals surface area contributed by atoms with E-state index < -0.39 is 0 Å². The molecule has 2 aliphatic rings. The number of rotatable bonds is 6. The van der Waals surface area contributed by atoms with Crippen LogP contribution in [-0.2, 0) is 15.9 Å². The molecule has 174 valence electrons. The van der Waals surface area contributed by atoms with Crippen LogP contribution in [0.3, 0.4) is 0 Å². The molecule has 2 fully saturated rings. The maximum absolute atomic E-state index is 9.70. The molecule has 0 atom stereocenters. The van der Waals surface area contributed by atoms with Gasteiger partial charge in [-0.05, 0) is 60.4 Å². The summed E-state index contributed by atoms with van der Waals surface area (Å²) in [6.45, 7) is 2.99. The van der Waals surface area contributed by atoms with Gasteiger partial charge < -0.3 is 14.2 Å². The van der Waals surface area contributed by atoms with Crippen molar-refractivity contribution in [2.45, 2.75) is 44.1 Å². The molecule has 2 aromatic heterocycles. The Morgan fingerprint density at radius 1 is 0.853 bits per heavy atom. The van der Waals surface area contributed by atoms with Gasteiger partial charge in [0.25, 0.3) is 0 Å². The van der Waals surface area contributed by atoms with Crippen LogP contribution in [0.4, 0.5) is 0 Å². The van der Waals surface area contributed by atoms with Crippen LogP contribution in [0.5, 0.6) is 5.75 Å². The Morgan fingerprint density at radius 2 is 1.62 bits per heavy atom. The molecule has 0 unspecified atom stereocenters. The van der Waals surface area contributed by atoms with Gasteiger partial charge in [0.1, 0.15) is 17.9 Å². The monoisotopic (exact) mass is 456 g/mol. The fourth-order valence-corrected chi connectivity index (χ4v) is 4.49. The third-order valence-corrected chi connectivity index (χ3v) is 6.45. The van der Waals surface area contributed by atoms with E-state index in [1.165, 1.54) is 0 Å². The van der Waals surface area contributed by atoms with Crippen molar-refractivity contribution in [1.82, 2.24) is 15.2 Å². The summed E-state index contributed by atoms with van der Waals surface area (Å²) in [5.74, 6) is 1.07. The van der Waals surface area contributed by atoms with Gasteiger partial charge in [0.2, 0.25) is 0 Å². The van der Waals surface area contributed by atoms with Crippen LogP contribution in [0, 0.1) is 11.3 Å². The summed E-state index contributed by atoms with van der Waals surface area (Å²) in [6, 6.07) is 16.2. The van der Waals surface area contributed by atoms with E-state index in [1.807, 2.05) is 36.4 Å². The van der Waals surface area contributed by atoms with Crippen molar-refractivity contribution >= 4 is 0 Å². The molecule has 7 heteroatoms. The molecule has 4 heterocycles. The lowest BCUT2D eigenvalue weighted by molar-refractivity contribution is 0.0254.